The van der Waals surface area contributed by atoms with Crippen LogP contribution >= 0.6 is 15.9 Å². The third-order valence-electron chi connectivity index (χ3n) is 3.85. The van der Waals surface area contributed by atoms with Crippen LogP contribution in [0.5, 0.6) is 0 Å². The van der Waals surface area contributed by atoms with Crippen molar-refractivity contribution < 1.29 is 17.9 Å². The first-order valence-electron chi connectivity index (χ1n) is 6.70. The molecule has 1 aromatic rings. The normalized spacial score (nSPS) is 26.8. The second kappa shape index (κ2) is 5.22. The van der Waals surface area contributed by atoms with Crippen LogP contribution in [0.25, 0.3) is 0 Å². The highest BCUT2D eigenvalue weighted by Gasteiger charge is 2.42. The van der Waals surface area contributed by atoms with E-state index in [9.17, 15) is 13.2 Å². The van der Waals surface area contributed by atoms with E-state index in [1.807, 2.05) is 0 Å². The number of hydrogen-bond donors (Lipinski definition) is 1. The van der Waals surface area contributed by atoms with Gasteiger partial charge in [-0.1, -0.05) is 15.9 Å². The summed E-state index contributed by atoms with van der Waals surface area (Å²) in [5, 5.41) is 3.05. The molecule has 2 fully saturated rings. The molecule has 1 aliphatic carbocycles. The van der Waals surface area contributed by atoms with E-state index in [0.717, 1.165) is 25.3 Å². The predicted octanol–water partition coefficient (Wildman–Crippen LogP) is 4.45. The fourth-order valence-corrected chi connectivity index (χ4v) is 3.09. The van der Waals surface area contributed by atoms with E-state index >= 15 is 0 Å². The molecule has 1 N–H and O–H groups in total. The minimum atomic E-state index is -4.36. The maximum absolute atomic E-state index is 13.1. The van der Waals surface area contributed by atoms with Crippen molar-refractivity contribution in [2.45, 2.75) is 37.6 Å². The summed E-state index contributed by atoms with van der Waals surface area (Å²) < 4.78 is 45.3. The predicted molar refractivity (Wildman–Crippen MR) is 73.6 cm³/mol. The topological polar surface area (TPSA) is 21.3 Å². The Morgan fingerprint density at radius 1 is 1.20 bits per heavy atom. The number of halogens is 4. The molecule has 1 heterocycles. The second-order valence-corrected chi connectivity index (χ2v) is 6.32. The first kappa shape index (κ1) is 14.2. The van der Waals surface area contributed by atoms with Crippen LogP contribution < -0.4 is 5.32 Å². The summed E-state index contributed by atoms with van der Waals surface area (Å²) in [6, 6.07) is 4.20. The molecule has 1 saturated carbocycles. The fraction of sp³-hybridized carbons (Fsp3) is 0.571. The van der Waals surface area contributed by atoms with Gasteiger partial charge in [0.2, 0.25) is 0 Å². The monoisotopic (exact) mass is 349 g/mol. The van der Waals surface area contributed by atoms with Gasteiger partial charge in [0.1, 0.15) is 0 Å². The molecule has 3 rings (SSSR count). The van der Waals surface area contributed by atoms with Gasteiger partial charge < -0.3 is 10.1 Å². The van der Waals surface area contributed by atoms with Gasteiger partial charge in [-0.2, -0.15) is 13.2 Å². The van der Waals surface area contributed by atoms with Crippen molar-refractivity contribution >= 4 is 21.6 Å². The Kier molecular flexibility index (Phi) is 3.71. The molecule has 2 aliphatic rings. The minimum Gasteiger partial charge on any atom is -0.379 e. The molecule has 0 bridgehead atoms. The molecule has 2 nitrogen and oxygen atoms in total. The zero-order valence-electron chi connectivity index (χ0n) is 10.7. The number of anilines is 1. The average Bonchev–Trinajstić information content (AvgIpc) is 3.11. The largest absolute Gasteiger partial charge is 0.418 e. The van der Waals surface area contributed by atoms with Gasteiger partial charge in [0.25, 0.3) is 0 Å². The minimum absolute atomic E-state index is 0.0234. The van der Waals surface area contributed by atoms with Crippen LogP contribution in [0, 0.1) is 5.92 Å². The molecule has 20 heavy (non-hydrogen) atoms. The highest BCUT2D eigenvalue weighted by atomic mass is 79.9. The Morgan fingerprint density at radius 3 is 2.60 bits per heavy atom. The van der Waals surface area contributed by atoms with Crippen LogP contribution in [0.1, 0.15) is 24.8 Å². The molecule has 0 spiro atoms. The van der Waals surface area contributed by atoms with Gasteiger partial charge >= 0.3 is 6.18 Å². The SMILES string of the molecule is FC(F)(F)c1cc(Br)ccc1NC1CCOC1C1CC1. The highest BCUT2D eigenvalue weighted by molar-refractivity contribution is 9.10. The van der Waals surface area contributed by atoms with Crippen molar-refractivity contribution in [3.63, 3.8) is 0 Å². The van der Waals surface area contributed by atoms with Crippen molar-refractivity contribution in [2.75, 3.05) is 11.9 Å². The molecular formula is C14H15BrF3NO. The van der Waals surface area contributed by atoms with E-state index in [1.165, 1.54) is 6.07 Å². The molecule has 110 valence electrons. The van der Waals surface area contributed by atoms with Crippen LogP contribution in [0.3, 0.4) is 0 Å². The average molecular weight is 350 g/mol. The molecule has 6 heteroatoms. The first-order valence-corrected chi connectivity index (χ1v) is 7.49. The van der Waals surface area contributed by atoms with Crippen molar-refractivity contribution in [1.29, 1.82) is 0 Å². The lowest BCUT2D eigenvalue weighted by Crippen LogP contribution is -2.31. The maximum Gasteiger partial charge on any atom is 0.418 e. The van der Waals surface area contributed by atoms with Crippen LogP contribution in [-0.4, -0.2) is 18.8 Å². The summed E-state index contributed by atoms with van der Waals surface area (Å²) in [6.45, 7) is 0.622. The quantitative estimate of drug-likeness (QED) is 0.870. The second-order valence-electron chi connectivity index (χ2n) is 5.40. The van der Waals surface area contributed by atoms with Crippen LogP contribution in [0.15, 0.2) is 22.7 Å². The molecule has 1 aromatic carbocycles. The molecule has 0 aromatic heterocycles. The third-order valence-corrected chi connectivity index (χ3v) is 4.34. The van der Waals surface area contributed by atoms with Crippen molar-refractivity contribution in [2.24, 2.45) is 5.92 Å². The van der Waals surface area contributed by atoms with E-state index < -0.39 is 11.7 Å². The lowest BCUT2D eigenvalue weighted by Gasteiger charge is -2.23. The van der Waals surface area contributed by atoms with E-state index in [1.54, 1.807) is 6.07 Å². The zero-order chi connectivity index (χ0) is 14.3. The molecule has 1 saturated heterocycles. The molecule has 0 radical (unpaired) electrons. The Labute approximate surface area is 123 Å². The molecule has 2 atom stereocenters. The Morgan fingerprint density at radius 2 is 1.95 bits per heavy atom. The highest BCUT2D eigenvalue weighted by Crippen LogP contribution is 2.41. The van der Waals surface area contributed by atoms with Gasteiger partial charge in [0, 0.05) is 16.8 Å². The van der Waals surface area contributed by atoms with Gasteiger partial charge in [0.05, 0.1) is 17.7 Å². The number of nitrogens with one attached hydrogen (secondary N) is 1. The molecule has 2 unspecified atom stereocenters. The lowest BCUT2D eigenvalue weighted by molar-refractivity contribution is -0.137. The Hall–Kier alpha value is -0.750. The smallest absolute Gasteiger partial charge is 0.379 e. The zero-order valence-corrected chi connectivity index (χ0v) is 12.3. The van der Waals surface area contributed by atoms with E-state index in [0.29, 0.717) is 17.0 Å². The van der Waals surface area contributed by atoms with Crippen LogP contribution in [0.4, 0.5) is 18.9 Å². The third kappa shape index (κ3) is 2.96. The van der Waals surface area contributed by atoms with Gasteiger partial charge in [-0.05, 0) is 43.4 Å². The standard InChI is InChI=1S/C14H15BrF3NO/c15-9-3-4-11(10(7-9)14(16,17)18)19-12-5-6-20-13(12)8-1-2-8/h3-4,7-8,12-13,19H,1-2,5-6H2. The Bertz CT molecular complexity index is 502. The van der Waals surface area contributed by atoms with Crippen molar-refractivity contribution in [3.8, 4) is 0 Å². The molecule has 0 amide bonds. The van der Waals surface area contributed by atoms with Crippen LogP contribution in [0.2, 0.25) is 0 Å². The summed E-state index contributed by atoms with van der Waals surface area (Å²) in [7, 11) is 0. The van der Waals surface area contributed by atoms with Crippen LogP contribution in [-0.2, 0) is 10.9 Å². The van der Waals surface area contributed by atoms with Crippen molar-refractivity contribution in [3.05, 3.63) is 28.2 Å². The summed E-state index contributed by atoms with van der Waals surface area (Å²) in [4.78, 5) is 0. The van der Waals surface area contributed by atoms with Gasteiger partial charge in [-0.25, -0.2) is 0 Å². The Balaban J connectivity index is 1.83. The van der Waals surface area contributed by atoms with E-state index in [2.05, 4.69) is 21.2 Å². The maximum atomic E-state index is 13.1. The number of alkyl halides is 3. The molecular weight excluding hydrogens is 335 g/mol. The summed E-state index contributed by atoms with van der Waals surface area (Å²) in [6.07, 6.45) is -1.31. The number of ether oxygens (including phenoxy) is 1. The number of rotatable bonds is 3. The molecule has 1 aliphatic heterocycles. The number of hydrogen-bond acceptors (Lipinski definition) is 2. The lowest BCUT2D eigenvalue weighted by atomic mass is 10.0. The number of benzene rings is 1. The van der Waals surface area contributed by atoms with Gasteiger partial charge in [-0.3, -0.25) is 0 Å². The van der Waals surface area contributed by atoms with Crippen molar-refractivity contribution in [1.82, 2.24) is 0 Å². The van der Waals surface area contributed by atoms with Gasteiger partial charge in [-0.15, -0.1) is 0 Å². The van der Waals surface area contributed by atoms with E-state index in [-0.39, 0.29) is 17.8 Å². The fourth-order valence-electron chi connectivity index (χ4n) is 2.73. The first-order chi connectivity index (χ1) is 9.45. The van der Waals surface area contributed by atoms with Gasteiger partial charge in [0.15, 0.2) is 0 Å². The summed E-state index contributed by atoms with van der Waals surface area (Å²) >= 11 is 3.09. The summed E-state index contributed by atoms with van der Waals surface area (Å²) in [5.74, 6) is 0.514. The van der Waals surface area contributed by atoms with E-state index in [4.69, 9.17) is 4.74 Å². The summed E-state index contributed by atoms with van der Waals surface area (Å²) in [5.41, 5.74) is -0.491.